The van der Waals surface area contributed by atoms with Crippen LogP contribution in [0.15, 0.2) is 170 Å². The monoisotopic (exact) mass is 645 g/mol. The number of rotatable bonds is 5. The van der Waals surface area contributed by atoms with E-state index < -0.39 is 0 Å². The van der Waals surface area contributed by atoms with E-state index in [1.54, 1.807) is 0 Å². The Kier molecular flexibility index (Phi) is 8.27. The standard InChI is InChI=1S/C44H28.Y/c1-3-15-31(16-4-1)33-19-13-20-34(29-33)35-21-14-22-36(30-35)43-39-25-9-11-27-41(39)44(42-28-12-10-26-40(42)43)38-24-8-7-23-37(38)32-17-5-2-6-18-32;/h1-19,21-29H;/q-2;. The summed E-state index contributed by atoms with van der Waals surface area (Å²) >= 11 is 0. The summed E-state index contributed by atoms with van der Waals surface area (Å²) in [4.78, 5) is 0. The molecule has 0 aromatic heterocycles. The van der Waals surface area contributed by atoms with Gasteiger partial charge in [-0.3, -0.25) is 0 Å². The minimum Gasteiger partial charge on any atom is -0.209 e. The predicted octanol–water partition coefficient (Wildman–Crippen LogP) is 11.9. The van der Waals surface area contributed by atoms with Gasteiger partial charge in [-0.25, -0.2) is 5.56 Å². The second-order valence-electron chi connectivity index (χ2n) is 11.1. The zero-order valence-corrected chi connectivity index (χ0v) is 27.6. The van der Waals surface area contributed by atoms with Gasteiger partial charge < -0.3 is 0 Å². The Morgan fingerprint density at radius 1 is 0.333 bits per heavy atom. The number of hydrogen-bond acceptors (Lipinski definition) is 0. The molecule has 0 saturated heterocycles. The largest absolute Gasteiger partial charge is 0.209 e. The van der Waals surface area contributed by atoms with Crippen molar-refractivity contribution < 1.29 is 32.7 Å². The normalized spacial score (nSPS) is 10.9. The fourth-order valence-corrected chi connectivity index (χ4v) is 6.48. The quantitative estimate of drug-likeness (QED) is 0.129. The van der Waals surface area contributed by atoms with Crippen molar-refractivity contribution in [1.29, 1.82) is 0 Å². The molecule has 0 aliphatic carbocycles. The fraction of sp³-hybridized carbons (Fsp3) is 0. The van der Waals surface area contributed by atoms with E-state index in [0.717, 1.165) is 16.7 Å². The molecular formula is C44H28Y-2. The van der Waals surface area contributed by atoms with Crippen LogP contribution in [0.3, 0.4) is 0 Å². The SMILES string of the molecule is [Y].[c-]1ccc(-c2ccccc2)cc1-c1[c-]c(-c2c3ccccc3c(-c3ccccc3-c3ccccc3)c3ccccc23)ccc1. The molecule has 0 spiro atoms. The van der Waals surface area contributed by atoms with Gasteiger partial charge in [-0.2, -0.15) is 35.9 Å². The topological polar surface area (TPSA) is 0 Å². The van der Waals surface area contributed by atoms with Gasteiger partial charge in [0.25, 0.3) is 0 Å². The summed E-state index contributed by atoms with van der Waals surface area (Å²) in [5.74, 6) is 0. The maximum Gasteiger partial charge on any atom is 0 e. The first kappa shape index (κ1) is 29.1. The molecule has 8 aromatic rings. The molecular weight excluding hydrogens is 617 g/mol. The molecule has 0 unspecified atom stereocenters. The second kappa shape index (κ2) is 12.8. The van der Waals surface area contributed by atoms with Crippen LogP contribution in [0.2, 0.25) is 0 Å². The summed E-state index contributed by atoms with van der Waals surface area (Å²) in [6.07, 6.45) is 0. The maximum absolute atomic E-state index is 3.81. The molecule has 8 rings (SSSR count). The molecule has 0 nitrogen and oxygen atoms in total. The van der Waals surface area contributed by atoms with Gasteiger partial charge in [0.1, 0.15) is 0 Å². The Balaban J connectivity index is 0.00000325. The predicted molar refractivity (Wildman–Crippen MR) is 186 cm³/mol. The molecule has 45 heavy (non-hydrogen) atoms. The van der Waals surface area contributed by atoms with Crippen LogP contribution < -0.4 is 0 Å². The molecule has 0 amide bonds. The smallest absolute Gasteiger partial charge is 0 e. The number of fused-ring (bicyclic) bond motifs is 2. The van der Waals surface area contributed by atoms with Gasteiger partial charge in [0.15, 0.2) is 0 Å². The summed E-state index contributed by atoms with van der Waals surface area (Å²) in [6.45, 7) is 0. The Bertz CT molecular complexity index is 2210. The van der Waals surface area contributed by atoms with Crippen molar-refractivity contribution in [3.8, 4) is 55.6 Å². The van der Waals surface area contributed by atoms with Crippen molar-refractivity contribution in [3.63, 3.8) is 0 Å². The fourth-order valence-electron chi connectivity index (χ4n) is 6.48. The van der Waals surface area contributed by atoms with Gasteiger partial charge >= 0.3 is 0 Å². The molecule has 1 radical (unpaired) electrons. The van der Waals surface area contributed by atoms with Crippen molar-refractivity contribution in [2.75, 3.05) is 0 Å². The zero-order valence-electron chi connectivity index (χ0n) is 24.7. The minimum atomic E-state index is 0. The summed E-state index contributed by atoms with van der Waals surface area (Å²) in [5, 5.41) is 4.92. The molecule has 209 valence electrons. The van der Waals surface area contributed by atoms with Crippen molar-refractivity contribution in [1.82, 2.24) is 0 Å². The van der Waals surface area contributed by atoms with Crippen molar-refractivity contribution in [2.24, 2.45) is 0 Å². The second-order valence-corrected chi connectivity index (χ2v) is 11.1. The van der Waals surface area contributed by atoms with Crippen LogP contribution in [-0.2, 0) is 32.7 Å². The van der Waals surface area contributed by atoms with E-state index >= 15 is 0 Å². The van der Waals surface area contributed by atoms with E-state index in [0.29, 0.717) is 0 Å². The minimum absolute atomic E-state index is 0. The first-order valence-corrected chi connectivity index (χ1v) is 15.0. The van der Waals surface area contributed by atoms with E-state index in [1.165, 1.54) is 60.5 Å². The third-order valence-electron chi connectivity index (χ3n) is 8.48. The Morgan fingerprint density at radius 2 is 0.844 bits per heavy atom. The third kappa shape index (κ3) is 5.46. The summed E-state index contributed by atoms with van der Waals surface area (Å²) < 4.78 is 0. The maximum atomic E-state index is 3.81. The van der Waals surface area contributed by atoms with Crippen molar-refractivity contribution in [3.05, 3.63) is 182 Å². The Morgan fingerprint density at radius 3 is 1.49 bits per heavy atom. The van der Waals surface area contributed by atoms with Gasteiger partial charge in [0.2, 0.25) is 0 Å². The number of hydrogen-bond donors (Lipinski definition) is 0. The first-order chi connectivity index (χ1) is 21.8. The summed E-state index contributed by atoms with van der Waals surface area (Å²) in [7, 11) is 0. The van der Waals surface area contributed by atoms with E-state index in [1.807, 2.05) is 6.07 Å². The van der Waals surface area contributed by atoms with E-state index in [2.05, 4.69) is 176 Å². The van der Waals surface area contributed by atoms with E-state index in [9.17, 15) is 0 Å². The van der Waals surface area contributed by atoms with Gasteiger partial charge in [-0.15, -0.1) is 29.3 Å². The van der Waals surface area contributed by atoms with Crippen molar-refractivity contribution in [2.45, 2.75) is 0 Å². The Hall–Kier alpha value is -4.62. The van der Waals surface area contributed by atoms with Crippen molar-refractivity contribution >= 4 is 21.5 Å². The summed E-state index contributed by atoms with van der Waals surface area (Å²) in [5.41, 5.74) is 11.7. The van der Waals surface area contributed by atoms with Crippen LogP contribution in [0.4, 0.5) is 0 Å². The van der Waals surface area contributed by atoms with Crippen LogP contribution in [0, 0.1) is 12.1 Å². The summed E-state index contributed by atoms with van der Waals surface area (Å²) in [6, 6.07) is 67.7. The van der Waals surface area contributed by atoms with Gasteiger partial charge in [0, 0.05) is 32.7 Å². The van der Waals surface area contributed by atoms with Crippen LogP contribution >= 0.6 is 0 Å². The molecule has 0 saturated carbocycles. The molecule has 0 heterocycles. The molecule has 1 heteroatoms. The molecule has 0 bridgehead atoms. The average molecular weight is 646 g/mol. The molecule has 8 aromatic carbocycles. The van der Waals surface area contributed by atoms with Crippen LogP contribution in [0.1, 0.15) is 0 Å². The van der Waals surface area contributed by atoms with Gasteiger partial charge in [-0.1, -0.05) is 139 Å². The van der Waals surface area contributed by atoms with Gasteiger partial charge in [-0.05, 0) is 49.4 Å². The molecule has 0 aliphatic heterocycles. The molecule has 0 fully saturated rings. The zero-order chi connectivity index (χ0) is 29.3. The number of benzene rings is 8. The first-order valence-electron chi connectivity index (χ1n) is 15.0. The van der Waals surface area contributed by atoms with Crippen LogP contribution in [-0.4, -0.2) is 0 Å². The average Bonchev–Trinajstić information content (AvgIpc) is 3.11. The Labute approximate surface area is 289 Å². The van der Waals surface area contributed by atoms with E-state index in [-0.39, 0.29) is 32.7 Å². The van der Waals surface area contributed by atoms with Crippen LogP contribution in [0.25, 0.3) is 77.2 Å². The molecule has 0 atom stereocenters. The molecule has 0 N–H and O–H groups in total. The van der Waals surface area contributed by atoms with Crippen LogP contribution in [0.5, 0.6) is 0 Å². The molecule has 0 aliphatic rings. The van der Waals surface area contributed by atoms with E-state index in [4.69, 9.17) is 0 Å². The third-order valence-corrected chi connectivity index (χ3v) is 8.48. The van der Waals surface area contributed by atoms with Gasteiger partial charge in [0.05, 0.1) is 0 Å².